The number of nitrogens with one attached hydrogen (secondary N) is 1. The number of nitrogens with two attached hydrogens (primary N) is 1. The Hall–Kier alpha value is -2.15. The lowest BCUT2D eigenvalue weighted by atomic mass is 10.2. The molecule has 104 valence electrons. The number of benzene rings is 1. The summed E-state index contributed by atoms with van der Waals surface area (Å²) in [7, 11) is 0. The Morgan fingerprint density at radius 3 is 2.55 bits per heavy atom. The van der Waals surface area contributed by atoms with Crippen molar-refractivity contribution in [1.29, 1.82) is 0 Å². The van der Waals surface area contributed by atoms with Crippen LogP contribution in [0.2, 0.25) is 0 Å². The largest absolute Gasteiger partial charge is 0.389 e. The van der Waals surface area contributed by atoms with E-state index in [1.54, 1.807) is 13.0 Å². The first kappa shape index (κ1) is 14.3. The van der Waals surface area contributed by atoms with Crippen molar-refractivity contribution in [2.45, 2.75) is 6.92 Å². The van der Waals surface area contributed by atoms with Gasteiger partial charge in [0.25, 0.3) is 0 Å². The molecule has 3 N–H and O–H groups in total. The Balaban J connectivity index is 2.42. The zero-order valence-electron chi connectivity index (χ0n) is 10.4. The smallest absolute Gasteiger partial charge is 0.182 e. The number of thiocarbonyl (C=S) groups is 1. The number of aromatic nitrogens is 1. The van der Waals surface area contributed by atoms with Gasteiger partial charge in [-0.15, -0.1) is 0 Å². The van der Waals surface area contributed by atoms with Crippen LogP contribution < -0.4 is 11.1 Å². The van der Waals surface area contributed by atoms with Gasteiger partial charge in [-0.25, -0.2) is 18.2 Å². The first-order valence-electron chi connectivity index (χ1n) is 5.57. The quantitative estimate of drug-likeness (QED) is 0.675. The lowest BCUT2D eigenvalue weighted by molar-refractivity contribution is 0.498. The van der Waals surface area contributed by atoms with Gasteiger partial charge in [0.15, 0.2) is 11.6 Å². The molecule has 0 atom stereocenters. The van der Waals surface area contributed by atoms with Crippen LogP contribution in [0.15, 0.2) is 24.3 Å². The second-order valence-electron chi connectivity index (χ2n) is 4.12. The lowest BCUT2D eigenvalue weighted by Crippen LogP contribution is -2.11. The van der Waals surface area contributed by atoms with Crippen LogP contribution in [0.4, 0.5) is 24.7 Å². The molecule has 0 radical (unpaired) electrons. The highest BCUT2D eigenvalue weighted by Gasteiger charge is 2.12. The SMILES string of the molecule is Cc1cc(C(N)=S)cc(Nc2cc(F)cc(F)c2F)n1. The third-order valence-electron chi connectivity index (χ3n) is 2.49. The molecule has 0 bridgehead atoms. The number of hydrogen-bond acceptors (Lipinski definition) is 3. The van der Waals surface area contributed by atoms with Crippen LogP contribution in [-0.2, 0) is 0 Å². The zero-order valence-corrected chi connectivity index (χ0v) is 11.2. The van der Waals surface area contributed by atoms with Gasteiger partial charge in [-0.05, 0) is 19.1 Å². The molecule has 3 nitrogen and oxygen atoms in total. The van der Waals surface area contributed by atoms with Gasteiger partial charge in [-0.3, -0.25) is 0 Å². The fourth-order valence-electron chi connectivity index (χ4n) is 1.66. The number of rotatable bonds is 3. The van der Waals surface area contributed by atoms with Crippen molar-refractivity contribution in [2.75, 3.05) is 5.32 Å². The molecule has 7 heteroatoms. The van der Waals surface area contributed by atoms with Gasteiger partial charge in [-0.1, -0.05) is 12.2 Å². The highest BCUT2D eigenvalue weighted by molar-refractivity contribution is 7.80. The molecule has 0 saturated carbocycles. The van der Waals surface area contributed by atoms with Crippen LogP contribution in [0.1, 0.15) is 11.3 Å². The van der Waals surface area contributed by atoms with Crippen molar-refractivity contribution in [1.82, 2.24) is 4.98 Å². The van der Waals surface area contributed by atoms with Crippen LogP contribution in [0.5, 0.6) is 0 Å². The average Bonchev–Trinajstić information content (AvgIpc) is 2.34. The minimum atomic E-state index is -1.28. The third kappa shape index (κ3) is 3.05. The van der Waals surface area contributed by atoms with Crippen molar-refractivity contribution < 1.29 is 13.2 Å². The first-order valence-corrected chi connectivity index (χ1v) is 5.97. The predicted molar refractivity (Wildman–Crippen MR) is 74.5 cm³/mol. The second kappa shape index (κ2) is 5.46. The maximum Gasteiger partial charge on any atom is 0.182 e. The predicted octanol–water partition coefficient (Wildman–Crippen LogP) is 3.19. The van der Waals surface area contributed by atoms with Gasteiger partial charge < -0.3 is 11.1 Å². The highest BCUT2D eigenvalue weighted by Crippen LogP contribution is 2.23. The molecule has 0 aliphatic rings. The topological polar surface area (TPSA) is 50.9 Å². The van der Waals surface area contributed by atoms with Gasteiger partial charge in [0.2, 0.25) is 0 Å². The maximum atomic E-state index is 13.5. The van der Waals surface area contributed by atoms with Crippen molar-refractivity contribution in [3.63, 3.8) is 0 Å². The first-order chi connectivity index (χ1) is 9.36. The van der Waals surface area contributed by atoms with E-state index in [2.05, 4.69) is 10.3 Å². The summed E-state index contributed by atoms with van der Waals surface area (Å²) in [6, 6.07) is 4.42. The van der Waals surface area contributed by atoms with Gasteiger partial charge in [0.05, 0.1) is 5.69 Å². The number of aryl methyl sites for hydroxylation is 1. The summed E-state index contributed by atoms with van der Waals surface area (Å²) in [6.45, 7) is 1.69. The Kier molecular flexibility index (Phi) is 3.89. The summed E-state index contributed by atoms with van der Waals surface area (Å²) in [5.41, 5.74) is 6.25. The summed E-state index contributed by atoms with van der Waals surface area (Å²) >= 11 is 4.84. The molecule has 0 saturated heterocycles. The van der Waals surface area contributed by atoms with Crippen LogP contribution in [0.25, 0.3) is 0 Å². The third-order valence-corrected chi connectivity index (χ3v) is 2.73. The summed E-state index contributed by atoms with van der Waals surface area (Å²) < 4.78 is 39.7. The standard InChI is InChI=1S/C13H10F3N3S/c1-6-2-7(13(17)20)3-11(18-6)19-10-5-8(14)4-9(15)12(10)16/h2-5H,1H3,(H2,17,20)(H,18,19). The van der Waals surface area contributed by atoms with Crippen molar-refractivity contribution in [2.24, 2.45) is 5.73 Å². The number of nitrogens with zero attached hydrogens (tertiary/aromatic N) is 1. The molecule has 20 heavy (non-hydrogen) atoms. The number of pyridine rings is 1. The molecule has 1 aromatic carbocycles. The Bertz CT molecular complexity index is 689. The molecular weight excluding hydrogens is 287 g/mol. The summed E-state index contributed by atoms with van der Waals surface area (Å²) in [4.78, 5) is 4.22. The van der Waals surface area contributed by atoms with Gasteiger partial charge in [0, 0.05) is 23.4 Å². The van der Waals surface area contributed by atoms with Gasteiger partial charge >= 0.3 is 0 Å². The Morgan fingerprint density at radius 2 is 1.90 bits per heavy atom. The monoisotopic (exact) mass is 297 g/mol. The molecule has 0 aliphatic heterocycles. The lowest BCUT2D eigenvalue weighted by Gasteiger charge is -2.10. The number of hydrogen-bond donors (Lipinski definition) is 2. The Labute approximate surface area is 118 Å². The molecule has 0 unspecified atom stereocenters. The van der Waals surface area contributed by atoms with Crippen molar-refractivity contribution >= 4 is 28.7 Å². The van der Waals surface area contributed by atoms with Crippen molar-refractivity contribution in [3.05, 3.63) is 53.0 Å². The minimum absolute atomic E-state index is 0.143. The average molecular weight is 297 g/mol. The van der Waals surface area contributed by atoms with E-state index in [0.29, 0.717) is 17.3 Å². The molecule has 0 spiro atoms. The minimum Gasteiger partial charge on any atom is -0.389 e. The molecule has 2 aromatic rings. The summed E-state index contributed by atoms with van der Waals surface area (Å²) in [6.07, 6.45) is 0. The fraction of sp³-hybridized carbons (Fsp3) is 0.0769. The molecular formula is C13H10F3N3S. The van der Waals surface area contributed by atoms with Gasteiger partial charge in [-0.2, -0.15) is 0 Å². The van der Waals surface area contributed by atoms with Crippen molar-refractivity contribution in [3.8, 4) is 0 Å². The highest BCUT2D eigenvalue weighted by atomic mass is 32.1. The Morgan fingerprint density at radius 1 is 1.20 bits per heavy atom. The van der Waals surface area contributed by atoms with Crippen LogP contribution in [0.3, 0.4) is 0 Å². The fourth-order valence-corrected chi connectivity index (χ4v) is 1.78. The van der Waals surface area contributed by atoms with E-state index in [9.17, 15) is 13.2 Å². The number of anilines is 2. The molecule has 0 aliphatic carbocycles. The van der Waals surface area contributed by atoms with E-state index in [4.69, 9.17) is 18.0 Å². The molecule has 0 amide bonds. The zero-order chi connectivity index (χ0) is 14.9. The van der Waals surface area contributed by atoms with Crippen LogP contribution in [0, 0.1) is 24.4 Å². The molecule has 1 heterocycles. The van der Waals surface area contributed by atoms with Gasteiger partial charge in [0.1, 0.15) is 16.6 Å². The van der Waals surface area contributed by atoms with E-state index in [1.165, 1.54) is 6.07 Å². The van der Waals surface area contributed by atoms with E-state index in [0.717, 1.165) is 6.07 Å². The van der Waals surface area contributed by atoms with Crippen LogP contribution in [-0.4, -0.2) is 9.97 Å². The van der Waals surface area contributed by atoms with E-state index in [-0.39, 0.29) is 16.5 Å². The molecule has 1 aromatic heterocycles. The van der Waals surface area contributed by atoms with E-state index in [1.807, 2.05) is 0 Å². The van der Waals surface area contributed by atoms with Crippen LogP contribution >= 0.6 is 12.2 Å². The molecule has 0 fully saturated rings. The van der Waals surface area contributed by atoms with E-state index < -0.39 is 17.5 Å². The summed E-state index contributed by atoms with van der Waals surface area (Å²) in [5, 5.41) is 2.51. The molecule has 2 rings (SSSR count). The maximum absolute atomic E-state index is 13.5. The van der Waals surface area contributed by atoms with E-state index >= 15 is 0 Å². The summed E-state index contributed by atoms with van der Waals surface area (Å²) in [5.74, 6) is -3.17. The second-order valence-corrected chi connectivity index (χ2v) is 4.56. The normalized spacial score (nSPS) is 10.4. The number of halogens is 3.